The van der Waals surface area contributed by atoms with Crippen molar-refractivity contribution in [2.45, 2.75) is 56.4 Å². The summed E-state index contributed by atoms with van der Waals surface area (Å²) >= 11 is 0. The number of fused-ring (bicyclic) bond motifs is 1. The number of carbonyl (C=O) groups excluding carboxylic acids is 1. The maximum absolute atomic E-state index is 12.6. The fourth-order valence-electron chi connectivity index (χ4n) is 4.14. The number of aryl methyl sites for hydroxylation is 2. The number of piperidine rings is 1. The van der Waals surface area contributed by atoms with Crippen LogP contribution in [0.2, 0.25) is 0 Å². The third kappa shape index (κ3) is 3.90. The Morgan fingerprint density at radius 3 is 2.76 bits per heavy atom. The first-order valence-electron chi connectivity index (χ1n) is 9.26. The van der Waals surface area contributed by atoms with E-state index in [1.54, 1.807) is 17.0 Å². The van der Waals surface area contributed by atoms with E-state index < -0.39 is 9.84 Å². The molecule has 0 radical (unpaired) electrons. The van der Waals surface area contributed by atoms with Crippen molar-refractivity contribution < 1.29 is 13.2 Å². The summed E-state index contributed by atoms with van der Waals surface area (Å²) in [4.78, 5) is 14.7. The van der Waals surface area contributed by atoms with E-state index in [9.17, 15) is 13.2 Å². The van der Waals surface area contributed by atoms with E-state index in [1.807, 2.05) is 6.07 Å². The van der Waals surface area contributed by atoms with Crippen LogP contribution in [0.25, 0.3) is 0 Å². The molecule has 1 fully saturated rings. The van der Waals surface area contributed by atoms with Crippen LogP contribution in [-0.4, -0.2) is 44.1 Å². The molecule has 1 aromatic rings. The minimum atomic E-state index is -3.43. The van der Waals surface area contributed by atoms with Crippen LogP contribution in [0, 0.1) is 5.92 Å². The highest BCUT2D eigenvalue weighted by Gasteiger charge is 2.31. The molecule has 6 heteroatoms. The van der Waals surface area contributed by atoms with Crippen molar-refractivity contribution in [3.05, 3.63) is 29.3 Å². The SMILES string of the molecule is CC1CCCN(C(=O)CCS(=O)(=O)c2ccc3c(c2)CCC3)C1CN. The summed E-state index contributed by atoms with van der Waals surface area (Å²) in [6.07, 6.45) is 5.12. The molecule has 0 aromatic heterocycles. The molecule has 1 aromatic carbocycles. The third-order valence-electron chi connectivity index (χ3n) is 5.69. The van der Waals surface area contributed by atoms with Crippen molar-refractivity contribution in [2.24, 2.45) is 11.7 Å². The van der Waals surface area contributed by atoms with Gasteiger partial charge >= 0.3 is 0 Å². The quantitative estimate of drug-likeness (QED) is 0.866. The molecule has 2 atom stereocenters. The molecule has 1 heterocycles. The van der Waals surface area contributed by atoms with Crippen molar-refractivity contribution >= 4 is 15.7 Å². The smallest absolute Gasteiger partial charge is 0.223 e. The molecule has 2 N–H and O–H groups in total. The van der Waals surface area contributed by atoms with Crippen LogP contribution in [0.5, 0.6) is 0 Å². The van der Waals surface area contributed by atoms with Crippen LogP contribution in [0.4, 0.5) is 0 Å². The van der Waals surface area contributed by atoms with Gasteiger partial charge in [0.25, 0.3) is 0 Å². The fourth-order valence-corrected chi connectivity index (χ4v) is 5.42. The average molecular weight is 365 g/mol. The zero-order valence-corrected chi connectivity index (χ0v) is 15.7. The maximum atomic E-state index is 12.6. The molecule has 0 bridgehead atoms. The number of sulfone groups is 1. The maximum Gasteiger partial charge on any atom is 0.223 e. The lowest BCUT2D eigenvalue weighted by atomic mass is 9.90. The van der Waals surface area contributed by atoms with E-state index >= 15 is 0 Å². The van der Waals surface area contributed by atoms with Gasteiger partial charge in [-0.25, -0.2) is 8.42 Å². The van der Waals surface area contributed by atoms with Crippen LogP contribution in [0.15, 0.2) is 23.1 Å². The van der Waals surface area contributed by atoms with Crippen LogP contribution < -0.4 is 5.73 Å². The lowest BCUT2D eigenvalue weighted by Gasteiger charge is -2.39. The van der Waals surface area contributed by atoms with Crippen LogP contribution in [0.1, 0.15) is 43.7 Å². The van der Waals surface area contributed by atoms with Gasteiger partial charge in [0, 0.05) is 25.6 Å². The van der Waals surface area contributed by atoms with Crippen LogP contribution >= 0.6 is 0 Å². The van der Waals surface area contributed by atoms with E-state index in [-0.39, 0.29) is 24.1 Å². The number of hydrogen-bond donors (Lipinski definition) is 1. The number of benzene rings is 1. The topological polar surface area (TPSA) is 80.5 Å². The molecule has 2 aliphatic rings. The second kappa shape index (κ2) is 7.46. The molecule has 1 saturated heterocycles. The molecule has 138 valence electrons. The van der Waals surface area contributed by atoms with Crippen molar-refractivity contribution in [3.8, 4) is 0 Å². The van der Waals surface area contributed by atoms with Crippen molar-refractivity contribution in [1.82, 2.24) is 4.90 Å². The summed E-state index contributed by atoms with van der Waals surface area (Å²) in [5, 5.41) is 0. The predicted octanol–water partition coefficient (Wildman–Crippen LogP) is 1.92. The molecule has 2 unspecified atom stereocenters. The van der Waals surface area contributed by atoms with Gasteiger partial charge < -0.3 is 10.6 Å². The van der Waals surface area contributed by atoms with Crippen LogP contribution in [0.3, 0.4) is 0 Å². The first-order chi connectivity index (χ1) is 11.9. The first kappa shape index (κ1) is 18.4. The Kier molecular flexibility index (Phi) is 5.49. The second-order valence-electron chi connectivity index (χ2n) is 7.36. The average Bonchev–Trinajstić information content (AvgIpc) is 3.07. The normalized spacial score (nSPS) is 23.5. The lowest BCUT2D eigenvalue weighted by molar-refractivity contribution is -0.135. The van der Waals surface area contributed by atoms with Gasteiger partial charge in [0.15, 0.2) is 9.84 Å². The Morgan fingerprint density at radius 1 is 1.24 bits per heavy atom. The summed E-state index contributed by atoms with van der Waals surface area (Å²) in [5.41, 5.74) is 8.23. The number of likely N-dealkylation sites (tertiary alicyclic amines) is 1. The van der Waals surface area contributed by atoms with Gasteiger partial charge in [-0.2, -0.15) is 0 Å². The summed E-state index contributed by atoms with van der Waals surface area (Å²) < 4.78 is 25.3. The molecule has 5 nitrogen and oxygen atoms in total. The largest absolute Gasteiger partial charge is 0.338 e. The van der Waals surface area contributed by atoms with Gasteiger partial charge in [-0.15, -0.1) is 0 Å². The Hall–Kier alpha value is -1.40. The Labute approximate surface area is 150 Å². The molecule has 3 rings (SSSR count). The Morgan fingerprint density at radius 2 is 2.00 bits per heavy atom. The summed E-state index contributed by atoms with van der Waals surface area (Å²) in [7, 11) is -3.43. The van der Waals surface area contributed by atoms with E-state index in [0.29, 0.717) is 23.9 Å². The van der Waals surface area contributed by atoms with E-state index in [2.05, 4.69) is 6.92 Å². The molecule has 1 aliphatic carbocycles. The Balaban J connectivity index is 1.66. The second-order valence-corrected chi connectivity index (χ2v) is 9.47. The number of nitrogens with two attached hydrogens (primary N) is 1. The first-order valence-corrected chi connectivity index (χ1v) is 10.9. The number of carbonyl (C=O) groups is 1. The summed E-state index contributed by atoms with van der Waals surface area (Å²) in [5.74, 6) is 0.148. The van der Waals surface area contributed by atoms with E-state index in [4.69, 9.17) is 5.73 Å². The fraction of sp³-hybridized carbons (Fsp3) is 0.632. The van der Waals surface area contributed by atoms with Gasteiger partial charge in [-0.05, 0) is 61.3 Å². The Bertz CT molecular complexity index is 745. The zero-order chi connectivity index (χ0) is 18.0. The summed E-state index contributed by atoms with van der Waals surface area (Å²) in [6.45, 7) is 3.23. The lowest BCUT2D eigenvalue weighted by Crippen LogP contribution is -2.51. The van der Waals surface area contributed by atoms with Crippen molar-refractivity contribution in [3.63, 3.8) is 0 Å². The van der Waals surface area contributed by atoms with Crippen molar-refractivity contribution in [2.75, 3.05) is 18.8 Å². The molecule has 25 heavy (non-hydrogen) atoms. The highest BCUT2D eigenvalue weighted by atomic mass is 32.2. The van der Waals surface area contributed by atoms with Gasteiger partial charge in [-0.3, -0.25) is 4.79 Å². The summed E-state index contributed by atoms with van der Waals surface area (Å²) in [6, 6.07) is 5.45. The monoisotopic (exact) mass is 364 g/mol. The van der Waals surface area contributed by atoms with Gasteiger partial charge in [0.1, 0.15) is 0 Å². The van der Waals surface area contributed by atoms with Gasteiger partial charge in [0.05, 0.1) is 10.6 Å². The van der Waals surface area contributed by atoms with E-state index in [1.165, 1.54) is 5.56 Å². The molecule has 1 amide bonds. The molecule has 1 aliphatic heterocycles. The molecular weight excluding hydrogens is 336 g/mol. The number of amides is 1. The zero-order valence-electron chi connectivity index (χ0n) is 14.9. The van der Waals surface area contributed by atoms with Crippen LogP contribution in [-0.2, 0) is 27.5 Å². The predicted molar refractivity (Wildman–Crippen MR) is 98.1 cm³/mol. The number of nitrogens with zero attached hydrogens (tertiary/aromatic N) is 1. The van der Waals surface area contributed by atoms with Gasteiger partial charge in [0.2, 0.25) is 5.91 Å². The van der Waals surface area contributed by atoms with Gasteiger partial charge in [-0.1, -0.05) is 13.0 Å². The molecular formula is C19H28N2O3S. The third-order valence-corrected chi connectivity index (χ3v) is 7.40. The highest BCUT2D eigenvalue weighted by molar-refractivity contribution is 7.91. The molecule has 0 spiro atoms. The van der Waals surface area contributed by atoms with Crippen molar-refractivity contribution in [1.29, 1.82) is 0 Å². The molecule has 0 saturated carbocycles. The van der Waals surface area contributed by atoms with E-state index in [0.717, 1.165) is 37.7 Å². The highest BCUT2D eigenvalue weighted by Crippen LogP contribution is 2.26. The minimum Gasteiger partial charge on any atom is -0.338 e. The number of rotatable bonds is 5. The minimum absolute atomic E-state index is 0.0304. The number of hydrogen-bond acceptors (Lipinski definition) is 4. The standard InChI is InChI=1S/C19H28N2O3S/c1-14-4-3-10-21(18(14)13-20)19(22)9-11-25(23,24)17-8-7-15-5-2-6-16(15)12-17/h7-8,12,14,18H,2-6,9-11,13,20H2,1H3.